The molecule has 1 aromatic rings. The van der Waals surface area contributed by atoms with Gasteiger partial charge in [-0.2, -0.15) is 0 Å². The Morgan fingerprint density at radius 3 is 2.85 bits per heavy atom. The molecule has 0 atom stereocenters. The number of anilines is 2. The predicted molar refractivity (Wildman–Crippen MR) is 54.7 cm³/mol. The molecule has 0 unspecified atom stereocenters. The molecule has 5 heteroatoms. The van der Waals surface area contributed by atoms with Gasteiger partial charge in [-0.05, 0) is 18.2 Å². The van der Waals surface area contributed by atoms with E-state index in [1.165, 1.54) is 0 Å². The summed E-state index contributed by atoms with van der Waals surface area (Å²) in [5.74, 6) is -0.915. The largest absolute Gasteiger partial charge is 0.480 e. The summed E-state index contributed by atoms with van der Waals surface area (Å²) in [5.41, 5.74) is 6.78. The summed E-state index contributed by atoms with van der Waals surface area (Å²) in [5, 5.41) is 11.1. The zero-order valence-electron chi connectivity index (χ0n) is 6.75. The average molecular weight is 245 g/mol. The van der Waals surface area contributed by atoms with Crippen LogP contribution in [0.2, 0.25) is 0 Å². The second kappa shape index (κ2) is 4.13. The molecule has 0 fully saturated rings. The molecule has 0 aliphatic heterocycles. The number of carboxylic acids is 1. The van der Waals surface area contributed by atoms with Crippen molar-refractivity contribution in [2.75, 3.05) is 17.6 Å². The predicted octanol–water partition coefficient (Wildman–Crippen LogP) is 1.53. The van der Waals surface area contributed by atoms with Crippen molar-refractivity contribution in [2.45, 2.75) is 0 Å². The lowest BCUT2D eigenvalue weighted by Crippen LogP contribution is -2.13. The number of aliphatic carboxylic acids is 1. The van der Waals surface area contributed by atoms with Gasteiger partial charge in [-0.15, -0.1) is 0 Å². The van der Waals surface area contributed by atoms with E-state index in [0.717, 1.165) is 4.47 Å². The zero-order valence-corrected chi connectivity index (χ0v) is 8.34. The third-order valence-electron chi connectivity index (χ3n) is 1.44. The Balaban J connectivity index is 2.72. The van der Waals surface area contributed by atoms with E-state index < -0.39 is 5.97 Å². The van der Waals surface area contributed by atoms with Gasteiger partial charge >= 0.3 is 5.97 Å². The molecule has 0 aromatic heterocycles. The number of rotatable bonds is 3. The maximum Gasteiger partial charge on any atom is 0.322 e. The van der Waals surface area contributed by atoms with E-state index >= 15 is 0 Å². The molecule has 0 bridgehead atoms. The topological polar surface area (TPSA) is 75.3 Å². The molecule has 1 aromatic carbocycles. The van der Waals surface area contributed by atoms with E-state index in [1.54, 1.807) is 18.2 Å². The molecule has 13 heavy (non-hydrogen) atoms. The zero-order chi connectivity index (χ0) is 9.84. The fraction of sp³-hybridized carbons (Fsp3) is 0.125. The molecule has 0 aliphatic rings. The van der Waals surface area contributed by atoms with Gasteiger partial charge in [0.25, 0.3) is 0 Å². The van der Waals surface area contributed by atoms with Crippen LogP contribution < -0.4 is 11.1 Å². The van der Waals surface area contributed by atoms with Crippen LogP contribution in [-0.2, 0) is 4.79 Å². The first-order valence-corrected chi connectivity index (χ1v) is 4.39. The van der Waals surface area contributed by atoms with Gasteiger partial charge in [0, 0.05) is 4.47 Å². The minimum absolute atomic E-state index is 0.133. The third kappa shape index (κ3) is 2.95. The number of nitrogen functional groups attached to an aromatic ring is 1. The Bertz CT molecular complexity index is 328. The third-order valence-corrected chi connectivity index (χ3v) is 1.94. The number of nitrogens with one attached hydrogen (secondary N) is 1. The fourth-order valence-electron chi connectivity index (χ4n) is 0.865. The van der Waals surface area contributed by atoms with Gasteiger partial charge in [0.15, 0.2) is 0 Å². The number of carboxylic acid groups (broad SMARTS) is 1. The molecule has 0 saturated heterocycles. The minimum Gasteiger partial charge on any atom is -0.480 e. The Hall–Kier alpha value is -1.23. The van der Waals surface area contributed by atoms with Crippen molar-refractivity contribution in [1.82, 2.24) is 0 Å². The van der Waals surface area contributed by atoms with E-state index in [9.17, 15) is 4.79 Å². The van der Waals surface area contributed by atoms with Gasteiger partial charge in [0.05, 0.1) is 11.4 Å². The fourth-order valence-corrected chi connectivity index (χ4v) is 1.24. The van der Waals surface area contributed by atoms with Crippen LogP contribution in [0.25, 0.3) is 0 Å². The lowest BCUT2D eigenvalue weighted by Gasteiger charge is -2.06. The van der Waals surface area contributed by atoms with Gasteiger partial charge < -0.3 is 16.2 Å². The maximum atomic E-state index is 10.2. The number of hydrogen-bond donors (Lipinski definition) is 3. The smallest absolute Gasteiger partial charge is 0.322 e. The number of benzene rings is 1. The molecule has 0 radical (unpaired) electrons. The number of hydrogen-bond acceptors (Lipinski definition) is 3. The lowest BCUT2D eigenvalue weighted by atomic mass is 10.3. The summed E-state index contributed by atoms with van der Waals surface area (Å²) >= 11 is 3.25. The Labute approximate surface area is 83.9 Å². The first-order chi connectivity index (χ1) is 6.09. The first kappa shape index (κ1) is 9.85. The molecular formula is C8H9BrN2O2. The molecular weight excluding hydrogens is 236 g/mol. The Morgan fingerprint density at radius 1 is 1.62 bits per heavy atom. The summed E-state index contributed by atoms with van der Waals surface area (Å²) in [4.78, 5) is 10.2. The molecule has 0 saturated carbocycles. The molecule has 4 N–H and O–H groups in total. The van der Waals surface area contributed by atoms with Crippen molar-refractivity contribution in [2.24, 2.45) is 0 Å². The average Bonchev–Trinajstić information content (AvgIpc) is 2.02. The molecule has 1 rings (SSSR count). The van der Waals surface area contributed by atoms with Crippen molar-refractivity contribution in [3.63, 3.8) is 0 Å². The SMILES string of the molecule is Nc1cc(Br)ccc1NCC(=O)O. The highest BCUT2D eigenvalue weighted by Crippen LogP contribution is 2.22. The molecule has 0 amide bonds. The van der Waals surface area contributed by atoms with Crippen LogP contribution >= 0.6 is 15.9 Å². The van der Waals surface area contributed by atoms with E-state index in [2.05, 4.69) is 21.2 Å². The van der Waals surface area contributed by atoms with Crippen LogP contribution in [0, 0.1) is 0 Å². The van der Waals surface area contributed by atoms with Gasteiger partial charge in [-0.1, -0.05) is 15.9 Å². The van der Waals surface area contributed by atoms with Crippen molar-refractivity contribution in [3.8, 4) is 0 Å². The van der Waals surface area contributed by atoms with Crippen LogP contribution in [0.15, 0.2) is 22.7 Å². The van der Waals surface area contributed by atoms with Crippen LogP contribution in [0.1, 0.15) is 0 Å². The van der Waals surface area contributed by atoms with E-state index in [4.69, 9.17) is 10.8 Å². The summed E-state index contributed by atoms with van der Waals surface area (Å²) in [7, 11) is 0. The summed E-state index contributed by atoms with van der Waals surface area (Å²) in [6, 6.07) is 5.23. The number of nitrogens with two attached hydrogens (primary N) is 1. The van der Waals surface area contributed by atoms with E-state index in [1.807, 2.05) is 0 Å². The Morgan fingerprint density at radius 2 is 2.31 bits per heavy atom. The summed E-state index contributed by atoms with van der Waals surface area (Å²) < 4.78 is 0.867. The number of halogens is 1. The highest BCUT2D eigenvalue weighted by molar-refractivity contribution is 9.10. The minimum atomic E-state index is -0.915. The van der Waals surface area contributed by atoms with Crippen LogP contribution in [-0.4, -0.2) is 17.6 Å². The van der Waals surface area contributed by atoms with Crippen LogP contribution in [0.5, 0.6) is 0 Å². The first-order valence-electron chi connectivity index (χ1n) is 3.60. The van der Waals surface area contributed by atoms with Crippen molar-refractivity contribution in [3.05, 3.63) is 22.7 Å². The maximum absolute atomic E-state index is 10.2. The normalized spacial score (nSPS) is 9.62. The Kier molecular flexibility index (Phi) is 3.13. The molecule has 0 spiro atoms. The van der Waals surface area contributed by atoms with Gasteiger partial charge in [-0.25, -0.2) is 0 Å². The van der Waals surface area contributed by atoms with E-state index in [-0.39, 0.29) is 6.54 Å². The van der Waals surface area contributed by atoms with Gasteiger partial charge in [-0.3, -0.25) is 4.79 Å². The second-order valence-corrected chi connectivity index (χ2v) is 3.39. The summed E-state index contributed by atoms with van der Waals surface area (Å²) in [6.07, 6.45) is 0. The van der Waals surface area contributed by atoms with Crippen LogP contribution in [0.3, 0.4) is 0 Å². The standard InChI is InChI=1S/C8H9BrN2O2/c9-5-1-2-7(6(10)3-5)11-4-8(12)13/h1-3,11H,4,10H2,(H,12,13). The van der Waals surface area contributed by atoms with Gasteiger partial charge in [0.1, 0.15) is 6.54 Å². The highest BCUT2D eigenvalue weighted by Gasteiger charge is 2.00. The van der Waals surface area contributed by atoms with Crippen molar-refractivity contribution >= 4 is 33.3 Å². The lowest BCUT2D eigenvalue weighted by molar-refractivity contribution is -0.134. The molecule has 70 valence electrons. The summed E-state index contributed by atoms with van der Waals surface area (Å²) in [6.45, 7) is -0.133. The second-order valence-electron chi connectivity index (χ2n) is 2.48. The van der Waals surface area contributed by atoms with Crippen LogP contribution in [0.4, 0.5) is 11.4 Å². The van der Waals surface area contributed by atoms with Gasteiger partial charge in [0.2, 0.25) is 0 Å². The molecule has 0 heterocycles. The van der Waals surface area contributed by atoms with Crippen molar-refractivity contribution < 1.29 is 9.90 Å². The number of carbonyl (C=O) groups is 1. The van der Waals surface area contributed by atoms with E-state index in [0.29, 0.717) is 11.4 Å². The highest BCUT2D eigenvalue weighted by atomic mass is 79.9. The monoisotopic (exact) mass is 244 g/mol. The molecule has 4 nitrogen and oxygen atoms in total. The molecule has 0 aliphatic carbocycles. The quantitative estimate of drug-likeness (QED) is 0.706. The van der Waals surface area contributed by atoms with Crippen molar-refractivity contribution in [1.29, 1.82) is 0 Å².